The van der Waals surface area contributed by atoms with Crippen LogP contribution in [0.2, 0.25) is 0 Å². The van der Waals surface area contributed by atoms with E-state index in [9.17, 15) is 9.59 Å². The molecular formula is C18H28ClN3O2. The van der Waals surface area contributed by atoms with Crippen LogP contribution < -0.4 is 11.1 Å². The fraction of sp³-hybridized carbons (Fsp3) is 0.556. The van der Waals surface area contributed by atoms with E-state index in [0.29, 0.717) is 23.7 Å². The fourth-order valence-electron chi connectivity index (χ4n) is 2.63. The molecule has 24 heavy (non-hydrogen) atoms. The molecule has 1 aliphatic rings. The lowest BCUT2D eigenvalue weighted by molar-refractivity contribution is -0.123. The van der Waals surface area contributed by atoms with Crippen molar-refractivity contribution in [3.63, 3.8) is 0 Å². The molecule has 0 spiro atoms. The van der Waals surface area contributed by atoms with Gasteiger partial charge in [-0.2, -0.15) is 0 Å². The lowest BCUT2D eigenvalue weighted by Gasteiger charge is -2.32. The molecule has 0 aliphatic carbocycles. The van der Waals surface area contributed by atoms with E-state index in [1.165, 1.54) is 0 Å². The number of hydrogen-bond donors (Lipinski definition) is 2. The van der Waals surface area contributed by atoms with Gasteiger partial charge in [-0.05, 0) is 37.4 Å². The van der Waals surface area contributed by atoms with Gasteiger partial charge in [0, 0.05) is 18.5 Å². The van der Waals surface area contributed by atoms with E-state index in [2.05, 4.69) is 5.32 Å². The van der Waals surface area contributed by atoms with Gasteiger partial charge in [0.2, 0.25) is 5.91 Å². The monoisotopic (exact) mass is 353 g/mol. The van der Waals surface area contributed by atoms with Crippen LogP contribution in [0.25, 0.3) is 0 Å². The van der Waals surface area contributed by atoms with Crippen LogP contribution >= 0.6 is 12.4 Å². The van der Waals surface area contributed by atoms with Crippen molar-refractivity contribution in [2.45, 2.75) is 33.6 Å². The molecule has 1 saturated heterocycles. The van der Waals surface area contributed by atoms with E-state index in [4.69, 9.17) is 5.73 Å². The molecule has 1 fully saturated rings. The van der Waals surface area contributed by atoms with Gasteiger partial charge in [-0.3, -0.25) is 9.59 Å². The van der Waals surface area contributed by atoms with Gasteiger partial charge in [0.1, 0.15) is 0 Å². The maximum atomic E-state index is 12.8. The second-order valence-electron chi connectivity index (χ2n) is 7.22. The summed E-state index contributed by atoms with van der Waals surface area (Å²) < 4.78 is 0. The molecule has 0 unspecified atom stereocenters. The van der Waals surface area contributed by atoms with Crippen molar-refractivity contribution in [1.29, 1.82) is 0 Å². The van der Waals surface area contributed by atoms with E-state index in [1.54, 1.807) is 12.1 Å². The molecular weight excluding hydrogens is 326 g/mol. The number of hydrogen-bond acceptors (Lipinski definition) is 3. The third-order valence-corrected chi connectivity index (χ3v) is 4.32. The standard InChI is InChI=1S/C18H27N3O2.ClH/c1-18(2,3)17(23)20-15-7-5-4-6-14(15)16(22)21-10-8-13(12-19)9-11-21;/h4-7,13H,8-12,19H2,1-3H3,(H,20,23);1H. The van der Waals surface area contributed by atoms with Gasteiger partial charge in [0.25, 0.3) is 5.91 Å². The van der Waals surface area contributed by atoms with Crippen LogP contribution in [0.3, 0.4) is 0 Å². The fourth-order valence-corrected chi connectivity index (χ4v) is 2.63. The Hall–Kier alpha value is -1.59. The topological polar surface area (TPSA) is 75.4 Å². The largest absolute Gasteiger partial charge is 0.339 e. The van der Waals surface area contributed by atoms with Crippen LogP contribution in [-0.4, -0.2) is 36.3 Å². The average molecular weight is 354 g/mol. The molecule has 2 rings (SSSR count). The van der Waals surface area contributed by atoms with E-state index in [-0.39, 0.29) is 24.2 Å². The zero-order valence-corrected chi connectivity index (χ0v) is 15.5. The van der Waals surface area contributed by atoms with E-state index in [0.717, 1.165) is 25.9 Å². The molecule has 1 aliphatic heterocycles. The van der Waals surface area contributed by atoms with Gasteiger partial charge in [0.05, 0.1) is 11.3 Å². The van der Waals surface area contributed by atoms with E-state index in [1.807, 2.05) is 37.8 Å². The number of halogens is 1. The molecule has 1 aromatic rings. The molecule has 0 radical (unpaired) electrons. The van der Waals surface area contributed by atoms with Crippen molar-refractivity contribution in [3.8, 4) is 0 Å². The van der Waals surface area contributed by atoms with E-state index < -0.39 is 5.41 Å². The normalized spacial score (nSPS) is 15.6. The van der Waals surface area contributed by atoms with Gasteiger partial charge >= 0.3 is 0 Å². The van der Waals surface area contributed by atoms with Gasteiger partial charge in [-0.15, -0.1) is 12.4 Å². The van der Waals surface area contributed by atoms with E-state index >= 15 is 0 Å². The zero-order chi connectivity index (χ0) is 17.0. The summed E-state index contributed by atoms with van der Waals surface area (Å²) >= 11 is 0. The summed E-state index contributed by atoms with van der Waals surface area (Å²) in [6.07, 6.45) is 1.89. The summed E-state index contributed by atoms with van der Waals surface area (Å²) in [5.41, 5.74) is 6.33. The minimum Gasteiger partial charge on any atom is -0.339 e. The zero-order valence-electron chi connectivity index (χ0n) is 14.7. The summed E-state index contributed by atoms with van der Waals surface area (Å²) in [6, 6.07) is 7.21. The minimum absolute atomic E-state index is 0. The van der Waals surface area contributed by atoms with Gasteiger partial charge in [0.15, 0.2) is 0 Å². The Morgan fingerprint density at radius 3 is 2.33 bits per heavy atom. The number of amides is 2. The van der Waals surface area contributed by atoms with Crippen molar-refractivity contribution in [2.24, 2.45) is 17.1 Å². The SMILES string of the molecule is CC(C)(C)C(=O)Nc1ccccc1C(=O)N1CCC(CN)CC1.Cl. The molecule has 6 heteroatoms. The minimum atomic E-state index is -0.504. The highest BCUT2D eigenvalue weighted by atomic mass is 35.5. The summed E-state index contributed by atoms with van der Waals surface area (Å²) in [7, 11) is 0. The Bertz CT molecular complexity index is 576. The number of rotatable bonds is 3. The van der Waals surface area contributed by atoms with Crippen molar-refractivity contribution in [3.05, 3.63) is 29.8 Å². The first kappa shape index (κ1) is 20.5. The molecule has 0 aromatic heterocycles. The van der Waals surface area contributed by atoms with Crippen LogP contribution in [0, 0.1) is 11.3 Å². The van der Waals surface area contributed by atoms with Gasteiger partial charge in [-0.25, -0.2) is 0 Å². The van der Waals surface area contributed by atoms with Crippen LogP contribution in [0.15, 0.2) is 24.3 Å². The Morgan fingerprint density at radius 2 is 1.79 bits per heavy atom. The Balaban J connectivity index is 0.00000288. The lowest BCUT2D eigenvalue weighted by atomic mass is 9.95. The van der Waals surface area contributed by atoms with Crippen molar-refractivity contribution in [1.82, 2.24) is 4.90 Å². The first-order valence-corrected chi connectivity index (χ1v) is 8.22. The number of likely N-dealkylation sites (tertiary alicyclic amines) is 1. The maximum Gasteiger partial charge on any atom is 0.255 e. The highest BCUT2D eigenvalue weighted by molar-refractivity contribution is 6.04. The molecule has 134 valence electrons. The summed E-state index contributed by atoms with van der Waals surface area (Å²) in [4.78, 5) is 26.9. The Labute approximate surface area is 150 Å². The average Bonchev–Trinajstić information content (AvgIpc) is 2.54. The number of nitrogens with two attached hydrogens (primary N) is 1. The second-order valence-corrected chi connectivity index (χ2v) is 7.22. The molecule has 5 nitrogen and oxygen atoms in total. The quantitative estimate of drug-likeness (QED) is 0.877. The number of para-hydroxylation sites is 1. The van der Waals surface area contributed by atoms with Crippen molar-refractivity contribution in [2.75, 3.05) is 25.0 Å². The number of carbonyl (C=O) groups excluding carboxylic acids is 2. The first-order chi connectivity index (χ1) is 10.8. The lowest BCUT2D eigenvalue weighted by Crippen LogP contribution is -2.40. The molecule has 2 amide bonds. The first-order valence-electron chi connectivity index (χ1n) is 8.22. The number of nitrogens with zero attached hydrogens (tertiary/aromatic N) is 1. The van der Waals surface area contributed by atoms with Gasteiger partial charge in [-0.1, -0.05) is 32.9 Å². The third kappa shape index (κ3) is 4.95. The Kier molecular flexibility index (Phi) is 7.24. The van der Waals surface area contributed by atoms with Crippen LogP contribution in [0.4, 0.5) is 5.69 Å². The molecule has 3 N–H and O–H groups in total. The Morgan fingerprint density at radius 1 is 1.21 bits per heavy atom. The molecule has 0 saturated carbocycles. The predicted octanol–water partition coefficient (Wildman–Crippen LogP) is 2.90. The smallest absolute Gasteiger partial charge is 0.255 e. The predicted molar refractivity (Wildman–Crippen MR) is 99.5 cm³/mol. The third-order valence-electron chi connectivity index (χ3n) is 4.32. The molecule has 1 aromatic carbocycles. The van der Waals surface area contributed by atoms with Gasteiger partial charge < -0.3 is 16.0 Å². The van der Waals surface area contributed by atoms with Crippen LogP contribution in [0.5, 0.6) is 0 Å². The van der Waals surface area contributed by atoms with Crippen molar-refractivity contribution < 1.29 is 9.59 Å². The number of anilines is 1. The highest BCUT2D eigenvalue weighted by Gasteiger charge is 2.26. The van der Waals surface area contributed by atoms with Crippen LogP contribution in [-0.2, 0) is 4.79 Å². The number of carbonyl (C=O) groups is 2. The summed E-state index contributed by atoms with van der Waals surface area (Å²) in [5.74, 6) is 0.389. The molecule has 0 atom stereocenters. The molecule has 1 heterocycles. The number of nitrogens with one attached hydrogen (secondary N) is 1. The number of piperidine rings is 1. The summed E-state index contributed by atoms with van der Waals surface area (Å²) in [5, 5.41) is 2.88. The molecule has 0 bridgehead atoms. The summed E-state index contributed by atoms with van der Waals surface area (Å²) in [6.45, 7) is 7.68. The maximum absolute atomic E-state index is 12.8. The second kappa shape index (κ2) is 8.49. The number of benzene rings is 1. The van der Waals surface area contributed by atoms with Crippen molar-refractivity contribution >= 4 is 29.9 Å². The highest BCUT2D eigenvalue weighted by Crippen LogP contribution is 2.24. The van der Waals surface area contributed by atoms with Crippen LogP contribution in [0.1, 0.15) is 44.0 Å².